The Morgan fingerprint density at radius 1 is 1.31 bits per heavy atom. The first-order valence-electron chi connectivity index (χ1n) is 8.77. The summed E-state index contributed by atoms with van der Waals surface area (Å²) in [6.07, 6.45) is -0.733. The van der Waals surface area contributed by atoms with E-state index in [4.69, 9.17) is 21.5 Å². The molecule has 11 heteroatoms. The topological polar surface area (TPSA) is 131 Å². The standard InChI is InChI=1S/C17H22ClN3O4S.CH2O2/c1-20(2)26(24,25)10-13-8-21(9-16(13)22)7-12-5-11-3-4-14(18)6-15(11)19-17(12)23;2-1-3/h3-6,13,16,22H,7-10H2,1-2H3,(H,19,23);1H,(H,2,3)/t13-,16+;/m0./s1. The van der Waals surface area contributed by atoms with Crippen molar-refractivity contribution in [3.63, 3.8) is 0 Å². The van der Waals surface area contributed by atoms with Crippen molar-refractivity contribution in [2.45, 2.75) is 12.6 Å². The molecule has 2 aromatic rings. The number of halogens is 1. The number of aromatic amines is 1. The lowest BCUT2D eigenvalue weighted by Gasteiger charge is -2.18. The molecule has 0 saturated carbocycles. The Balaban J connectivity index is 0.000000941. The van der Waals surface area contributed by atoms with E-state index in [1.807, 2.05) is 11.0 Å². The number of pyridine rings is 1. The summed E-state index contributed by atoms with van der Waals surface area (Å²) in [5.41, 5.74) is 1.03. The minimum Gasteiger partial charge on any atom is -0.483 e. The van der Waals surface area contributed by atoms with Crippen LogP contribution in [0.3, 0.4) is 0 Å². The van der Waals surface area contributed by atoms with Crippen LogP contribution in [-0.4, -0.2) is 78.3 Å². The number of nitrogens with zero attached hydrogens (tertiary/aromatic N) is 2. The van der Waals surface area contributed by atoms with Crippen molar-refractivity contribution in [1.29, 1.82) is 0 Å². The molecule has 2 atom stereocenters. The number of aromatic nitrogens is 1. The summed E-state index contributed by atoms with van der Waals surface area (Å²) in [6.45, 7) is 0.863. The highest BCUT2D eigenvalue weighted by atomic mass is 35.5. The monoisotopic (exact) mass is 445 g/mol. The number of rotatable bonds is 5. The predicted molar refractivity (Wildman–Crippen MR) is 111 cm³/mol. The number of carboxylic acid groups (broad SMARTS) is 1. The molecule has 29 heavy (non-hydrogen) atoms. The Kier molecular flexibility index (Phi) is 7.78. The van der Waals surface area contributed by atoms with Gasteiger partial charge in [0.05, 0.1) is 11.9 Å². The second-order valence-electron chi connectivity index (χ2n) is 7.04. The number of hydrogen-bond donors (Lipinski definition) is 3. The second kappa shape index (κ2) is 9.68. The molecule has 1 aliphatic heterocycles. The molecular weight excluding hydrogens is 422 g/mol. The number of aliphatic hydroxyl groups excluding tert-OH is 1. The molecule has 0 amide bonds. The number of carbonyl (C=O) groups is 1. The number of hydrogen-bond acceptors (Lipinski definition) is 6. The summed E-state index contributed by atoms with van der Waals surface area (Å²) in [7, 11) is -0.423. The molecule has 0 radical (unpaired) electrons. The molecule has 3 rings (SSSR count). The average Bonchev–Trinajstić information content (AvgIpc) is 2.95. The molecule has 1 fully saturated rings. The van der Waals surface area contributed by atoms with Gasteiger partial charge in [-0.25, -0.2) is 12.7 Å². The number of likely N-dealkylation sites (tertiary alicyclic amines) is 1. The van der Waals surface area contributed by atoms with Gasteiger partial charge in [-0.2, -0.15) is 0 Å². The van der Waals surface area contributed by atoms with Gasteiger partial charge in [-0.15, -0.1) is 0 Å². The maximum atomic E-state index is 12.3. The number of benzene rings is 1. The van der Waals surface area contributed by atoms with Crippen molar-refractivity contribution >= 4 is 39.0 Å². The minimum atomic E-state index is -3.39. The quantitative estimate of drug-likeness (QED) is 0.573. The van der Waals surface area contributed by atoms with Gasteiger partial charge < -0.3 is 15.2 Å². The molecular formula is C18H24ClN3O6S. The maximum Gasteiger partial charge on any atom is 0.290 e. The van der Waals surface area contributed by atoms with Crippen molar-refractivity contribution in [3.05, 3.63) is 45.2 Å². The zero-order valence-corrected chi connectivity index (χ0v) is 17.7. The fraction of sp³-hybridized carbons (Fsp3) is 0.444. The van der Waals surface area contributed by atoms with Crippen LogP contribution in [0.1, 0.15) is 5.56 Å². The van der Waals surface area contributed by atoms with E-state index in [0.717, 1.165) is 5.39 Å². The van der Waals surface area contributed by atoms with E-state index in [0.29, 0.717) is 35.7 Å². The molecule has 2 heterocycles. The Morgan fingerprint density at radius 3 is 2.59 bits per heavy atom. The number of aliphatic hydroxyl groups is 1. The van der Waals surface area contributed by atoms with Gasteiger partial charge in [0.1, 0.15) is 0 Å². The number of sulfonamides is 1. The largest absolute Gasteiger partial charge is 0.483 e. The lowest BCUT2D eigenvalue weighted by atomic mass is 10.1. The molecule has 9 nitrogen and oxygen atoms in total. The third kappa shape index (κ3) is 6.00. The van der Waals surface area contributed by atoms with Crippen molar-refractivity contribution in [2.24, 2.45) is 5.92 Å². The van der Waals surface area contributed by atoms with E-state index in [2.05, 4.69) is 4.98 Å². The minimum absolute atomic E-state index is 0.107. The summed E-state index contributed by atoms with van der Waals surface area (Å²) in [6, 6.07) is 7.10. The first kappa shape index (κ1) is 23.3. The SMILES string of the molecule is CN(C)S(=O)(=O)C[C@@H]1CN(Cc2cc3ccc(Cl)cc3[nH]c2=O)C[C@H]1O.O=CO. The van der Waals surface area contributed by atoms with Gasteiger partial charge in [-0.3, -0.25) is 14.5 Å². The second-order valence-corrected chi connectivity index (χ2v) is 9.71. The van der Waals surface area contributed by atoms with Gasteiger partial charge in [0.15, 0.2) is 0 Å². The van der Waals surface area contributed by atoms with E-state index >= 15 is 0 Å². The fourth-order valence-electron chi connectivity index (χ4n) is 3.23. The summed E-state index contributed by atoms with van der Waals surface area (Å²) in [4.78, 5) is 25.4. The van der Waals surface area contributed by atoms with E-state index in [-0.39, 0.29) is 23.7 Å². The average molecular weight is 446 g/mol. The molecule has 3 N–H and O–H groups in total. The summed E-state index contributed by atoms with van der Waals surface area (Å²) < 4.78 is 25.3. The molecule has 1 aliphatic rings. The molecule has 160 valence electrons. The Hall–Kier alpha value is -1.98. The first-order chi connectivity index (χ1) is 13.6. The van der Waals surface area contributed by atoms with Crippen molar-refractivity contribution < 1.29 is 23.4 Å². The lowest BCUT2D eigenvalue weighted by molar-refractivity contribution is -0.122. The van der Waals surface area contributed by atoms with Crippen LogP contribution in [0.15, 0.2) is 29.1 Å². The van der Waals surface area contributed by atoms with Gasteiger partial charge in [0.25, 0.3) is 12.0 Å². The highest BCUT2D eigenvalue weighted by Crippen LogP contribution is 2.22. The van der Waals surface area contributed by atoms with Crippen LogP contribution < -0.4 is 5.56 Å². The van der Waals surface area contributed by atoms with Crippen LogP contribution in [0.5, 0.6) is 0 Å². The van der Waals surface area contributed by atoms with Crippen LogP contribution in [-0.2, 0) is 21.4 Å². The first-order valence-corrected chi connectivity index (χ1v) is 10.8. The van der Waals surface area contributed by atoms with Crippen molar-refractivity contribution in [2.75, 3.05) is 32.9 Å². The van der Waals surface area contributed by atoms with Gasteiger partial charge in [-0.1, -0.05) is 17.7 Å². The third-order valence-electron chi connectivity index (χ3n) is 4.74. The van der Waals surface area contributed by atoms with E-state index in [9.17, 15) is 18.3 Å². The third-order valence-corrected chi connectivity index (χ3v) is 6.94. The van der Waals surface area contributed by atoms with E-state index in [1.54, 1.807) is 18.2 Å². The Morgan fingerprint density at radius 2 is 1.97 bits per heavy atom. The molecule has 0 unspecified atom stereocenters. The van der Waals surface area contributed by atoms with Gasteiger partial charge in [-0.05, 0) is 23.6 Å². The number of H-pyrrole nitrogens is 1. The smallest absolute Gasteiger partial charge is 0.290 e. The van der Waals surface area contributed by atoms with Crippen LogP contribution in [0.25, 0.3) is 10.9 Å². The fourth-order valence-corrected chi connectivity index (χ4v) is 4.57. The summed E-state index contributed by atoms with van der Waals surface area (Å²) in [5, 5.41) is 18.5. The van der Waals surface area contributed by atoms with E-state index < -0.39 is 16.1 Å². The van der Waals surface area contributed by atoms with Crippen LogP contribution in [0, 0.1) is 5.92 Å². The van der Waals surface area contributed by atoms with Crippen molar-refractivity contribution in [3.8, 4) is 0 Å². The number of nitrogens with one attached hydrogen (secondary N) is 1. The molecule has 0 bridgehead atoms. The van der Waals surface area contributed by atoms with Gasteiger partial charge >= 0.3 is 0 Å². The summed E-state index contributed by atoms with van der Waals surface area (Å²) in [5.74, 6) is -0.481. The van der Waals surface area contributed by atoms with E-state index in [1.165, 1.54) is 18.4 Å². The highest BCUT2D eigenvalue weighted by Gasteiger charge is 2.35. The zero-order chi connectivity index (χ0) is 21.8. The molecule has 0 aliphatic carbocycles. The normalized spacial score (nSPS) is 19.9. The molecule has 0 spiro atoms. The number of β-amino-alcohol motifs (C(OH)–C–C–N with tert-alkyl or cyclic N) is 1. The highest BCUT2D eigenvalue weighted by molar-refractivity contribution is 7.89. The van der Waals surface area contributed by atoms with Gasteiger partial charge in [0.2, 0.25) is 10.0 Å². The number of fused-ring (bicyclic) bond motifs is 1. The van der Waals surface area contributed by atoms with Crippen LogP contribution in [0.2, 0.25) is 5.02 Å². The maximum absolute atomic E-state index is 12.3. The molecule has 1 aromatic heterocycles. The van der Waals surface area contributed by atoms with Gasteiger partial charge in [0, 0.05) is 55.8 Å². The Labute approximate surface area is 173 Å². The summed E-state index contributed by atoms with van der Waals surface area (Å²) >= 11 is 5.94. The molecule has 1 saturated heterocycles. The van der Waals surface area contributed by atoms with Crippen LogP contribution in [0.4, 0.5) is 0 Å². The Bertz CT molecular complexity index is 1020. The lowest BCUT2D eigenvalue weighted by Crippen LogP contribution is -2.33. The molecule has 1 aromatic carbocycles. The van der Waals surface area contributed by atoms with Crippen molar-refractivity contribution in [1.82, 2.24) is 14.2 Å². The zero-order valence-electron chi connectivity index (χ0n) is 16.1. The van der Waals surface area contributed by atoms with Crippen LogP contribution >= 0.6 is 11.6 Å². The predicted octanol–water partition coefficient (Wildman–Crippen LogP) is 0.566.